The maximum absolute atomic E-state index is 12.5. The second-order valence-electron chi connectivity index (χ2n) is 10.8. The van der Waals surface area contributed by atoms with E-state index in [9.17, 15) is 34.2 Å². The minimum absolute atomic E-state index is 0. The molecular weight excluding hydrogens is 558 g/mol. The Morgan fingerprint density at radius 2 is 1.70 bits per heavy atom. The van der Waals surface area contributed by atoms with Gasteiger partial charge >= 0.3 is 98.8 Å². The fourth-order valence-electron chi connectivity index (χ4n) is 6.29. The molecule has 0 N–H and O–H groups in total. The van der Waals surface area contributed by atoms with Crippen LogP contribution in [-0.4, -0.2) is 49.2 Å². The van der Waals surface area contributed by atoms with Crippen molar-refractivity contribution in [1.29, 1.82) is 0 Å². The summed E-state index contributed by atoms with van der Waals surface area (Å²) in [6.45, 7) is 8.40. The van der Waals surface area contributed by atoms with Gasteiger partial charge in [0.15, 0.2) is 0 Å². The van der Waals surface area contributed by atoms with Crippen molar-refractivity contribution in [2.45, 2.75) is 71.3 Å². The molecule has 0 aromatic heterocycles. The van der Waals surface area contributed by atoms with Crippen LogP contribution in [0, 0.1) is 22.7 Å². The molecule has 0 aromatic rings. The van der Waals surface area contributed by atoms with E-state index in [0.717, 1.165) is 5.57 Å². The second-order valence-corrected chi connectivity index (χ2v) is 10.8. The van der Waals surface area contributed by atoms with Gasteiger partial charge in [-0.1, -0.05) is 38.2 Å². The fraction of sp³-hybridized carbons (Fsp3) is 0.607. The zero-order valence-corrected chi connectivity index (χ0v) is 28.9. The van der Waals surface area contributed by atoms with E-state index in [-0.39, 0.29) is 130 Å². The van der Waals surface area contributed by atoms with Crippen LogP contribution in [0.1, 0.15) is 65.2 Å². The van der Waals surface area contributed by atoms with Gasteiger partial charge in [0.25, 0.3) is 0 Å². The van der Waals surface area contributed by atoms with Crippen LogP contribution in [0.25, 0.3) is 0 Å². The van der Waals surface area contributed by atoms with Crippen LogP contribution in [0.3, 0.4) is 0 Å². The van der Waals surface area contributed by atoms with Crippen molar-refractivity contribution >= 4 is 29.8 Å². The number of carboxylic acid groups (broad SMARTS) is 2. The SMILES string of the molecule is C=C1CC[C@@H]2[C@](C)(COC(=O)CCC(=O)[O-])[C@H](OC(=O)CCC(=O)[O-])CC[C@@]2(C)[C@@H]1/C=C/C1=CCOC1=O.[K+].[Na+]. The predicted molar refractivity (Wildman–Crippen MR) is 128 cm³/mol. The molecule has 0 spiro atoms. The number of hydrogen-bond donors (Lipinski definition) is 0. The van der Waals surface area contributed by atoms with Crippen LogP contribution in [0.2, 0.25) is 0 Å². The van der Waals surface area contributed by atoms with E-state index in [1.807, 2.05) is 13.0 Å². The van der Waals surface area contributed by atoms with Gasteiger partial charge in [-0.3, -0.25) is 9.59 Å². The number of carboxylic acids is 2. The Balaban J connectivity index is 0.00000400. The smallest absolute Gasteiger partial charge is 0.550 e. The predicted octanol–water partition coefficient (Wildman–Crippen LogP) is -5.06. The molecule has 2 saturated carbocycles. The van der Waals surface area contributed by atoms with E-state index in [1.165, 1.54) is 0 Å². The largest absolute Gasteiger partial charge is 1.00 e. The summed E-state index contributed by atoms with van der Waals surface area (Å²) in [6.07, 6.45) is 5.57. The minimum Gasteiger partial charge on any atom is -0.550 e. The van der Waals surface area contributed by atoms with Crippen LogP contribution in [0.4, 0.5) is 0 Å². The zero-order chi connectivity index (χ0) is 28.1. The average Bonchev–Trinajstić information content (AvgIpc) is 3.26. The summed E-state index contributed by atoms with van der Waals surface area (Å²) in [4.78, 5) is 58.3. The van der Waals surface area contributed by atoms with Gasteiger partial charge in [0.05, 0.1) is 18.4 Å². The van der Waals surface area contributed by atoms with Crippen molar-refractivity contribution in [2.24, 2.45) is 22.7 Å². The molecule has 5 atom stereocenters. The first-order valence-corrected chi connectivity index (χ1v) is 12.8. The molecular formula is C28H34KNaO10. The van der Waals surface area contributed by atoms with Crippen LogP contribution in [0.15, 0.2) is 36.0 Å². The number of carbonyl (C=O) groups excluding carboxylic acids is 5. The summed E-state index contributed by atoms with van der Waals surface area (Å²) in [5.41, 5.74) is 0.252. The van der Waals surface area contributed by atoms with E-state index in [4.69, 9.17) is 14.2 Å². The first-order valence-electron chi connectivity index (χ1n) is 12.8. The summed E-state index contributed by atoms with van der Waals surface area (Å²) in [7, 11) is 0. The second kappa shape index (κ2) is 16.2. The van der Waals surface area contributed by atoms with Gasteiger partial charge in [-0.25, -0.2) is 4.79 Å². The molecule has 2 fully saturated rings. The standard InChI is InChI=1S/C28H36O10.K.Na/c1-17-4-7-20-27(2,19(17)6-5-18-13-15-36-26(18)35)14-12-21(38-25(34)11-9-23(31)32)28(20,3)16-37-24(33)10-8-22(29)30;;/h5-6,13,19-21H,1,4,7-12,14-16H2,2-3H3,(H,29,30)(H,31,32);;/q;2*+1/p-2/b6-5+;;/t19-,20+,21-,27+,28+;;/m1../s1. The molecule has 0 unspecified atom stereocenters. The molecule has 0 saturated heterocycles. The van der Waals surface area contributed by atoms with Gasteiger partial charge < -0.3 is 34.0 Å². The van der Waals surface area contributed by atoms with Gasteiger partial charge in [0.2, 0.25) is 0 Å². The van der Waals surface area contributed by atoms with Gasteiger partial charge in [0.1, 0.15) is 19.3 Å². The van der Waals surface area contributed by atoms with E-state index >= 15 is 0 Å². The summed E-state index contributed by atoms with van der Waals surface area (Å²) >= 11 is 0. The molecule has 3 aliphatic rings. The Hall–Kier alpha value is -0.794. The van der Waals surface area contributed by atoms with Crippen molar-refractivity contribution in [3.8, 4) is 0 Å². The minimum atomic E-state index is -1.36. The number of cyclic esters (lactones) is 1. The summed E-state index contributed by atoms with van der Waals surface area (Å²) < 4.78 is 16.3. The molecule has 3 rings (SSSR count). The molecule has 0 radical (unpaired) electrons. The van der Waals surface area contributed by atoms with E-state index < -0.39 is 48.2 Å². The molecule has 1 aliphatic heterocycles. The molecule has 2 aliphatic carbocycles. The Bertz CT molecular complexity index is 1070. The molecule has 40 heavy (non-hydrogen) atoms. The number of hydrogen-bond acceptors (Lipinski definition) is 10. The number of allylic oxidation sites excluding steroid dienone is 2. The number of rotatable bonds is 11. The third-order valence-corrected chi connectivity index (χ3v) is 8.28. The number of fused-ring (bicyclic) bond motifs is 1. The molecule has 12 heteroatoms. The average molecular weight is 593 g/mol. The third kappa shape index (κ3) is 9.10. The first kappa shape index (κ1) is 37.2. The summed E-state index contributed by atoms with van der Waals surface area (Å²) in [5, 5.41) is 21.6. The van der Waals surface area contributed by atoms with Gasteiger partial charge in [-0.2, -0.15) is 0 Å². The van der Waals surface area contributed by atoms with Crippen molar-refractivity contribution in [1.82, 2.24) is 0 Å². The van der Waals surface area contributed by atoms with Crippen molar-refractivity contribution in [2.75, 3.05) is 13.2 Å². The van der Waals surface area contributed by atoms with Crippen molar-refractivity contribution in [3.05, 3.63) is 36.0 Å². The van der Waals surface area contributed by atoms with Gasteiger partial charge in [0, 0.05) is 23.3 Å². The Labute approximate surface area is 299 Å². The van der Waals surface area contributed by atoms with E-state index in [2.05, 4.69) is 13.5 Å². The molecule has 0 amide bonds. The number of aliphatic carboxylic acids is 2. The maximum Gasteiger partial charge on any atom is 1.00 e. The summed E-state index contributed by atoms with van der Waals surface area (Å²) in [5.74, 6) is -4.71. The topological polar surface area (TPSA) is 159 Å². The Kier molecular flexibility index (Phi) is 15.0. The maximum atomic E-state index is 12.5. The van der Waals surface area contributed by atoms with Crippen LogP contribution in [0.5, 0.6) is 0 Å². The van der Waals surface area contributed by atoms with E-state index in [1.54, 1.807) is 12.2 Å². The van der Waals surface area contributed by atoms with Crippen LogP contribution < -0.4 is 91.2 Å². The Morgan fingerprint density at radius 3 is 2.27 bits per heavy atom. The van der Waals surface area contributed by atoms with Gasteiger partial charge in [-0.15, -0.1) is 0 Å². The van der Waals surface area contributed by atoms with E-state index in [0.29, 0.717) is 31.3 Å². The monoisotopic (exact) mass is 592 g/mol. The fourth-order valence-corrected chi connectivity index (χ4v) is 6.29. The molecule has 0 bridgehead atoms. The van der Waals surface area contributed by atoms with Crippen LogP contribution in [-0.2, 0) is 38.2 Å². The third-order valence-electron chi connectivity index (χ3n) is 8.28. The normalized spacial score (nSPS) is 29.2. The van der Waals surface area contributed by atoms with Gasteiger partial charge in [-0.05, 0) is 55.9 Å². The quantitative estimate of drug-likeness (QED) is 0.0984. The Morgan fingerprint density at radius 1 is 1.07 bits per heavy atom. The first-order chi connectivity index (χ1) is 17.9. The molecule has 0 aromatic carbocycles. The number of ether oxygens (including phenoxy) is 3. The molecule has 1 heterocycles. The zero-order valence-electron chi connectivity index (χ0n) is 23.8. The number of carbonyl (C=O) groups is 5. The van der Waals surface area contributed by atoms with Crippen molar-refractivity contribution < 1.29 is 129 Å². The van der Waals surface area contributed by atoms with Crippen molar-refractivity contribution in [3.63, 3.8) is 0 Å². The molecule has 10 nitrogen and oxygen atoms in total. The number of esters is 3. The summed E-state index contributed by atoms with van der Waals surface area (Å²) in [6, 6.07) is 0. The molecule has 208 valence electrons. The van der Waals surface area contributed by atoms with Crippen LogP contribution >= 0.6 is 0 Å².